The second kappa shape index (κ2) is 7.64. The standard InChI is InChI=1S/C22H23NO5S2/c1-29-8-6-15(22(27)28-10-16(24)17-3-2-7-30-17)23-20(25)18-11-4-5-12(14-9-13(11)14)19(18)21(23)26/h2-5,7,11-15,18-19H,6,8-10H2,1H3/t11-,12-,13-,14-,15+,18+,19+/m0/s1. The third-order valence-corrected chi connectivity index (χ3v) is 8.57. The molecule has 4 aliphatic carbocycles. The molecule has 3 fully saturated rings. The number of nitrogens with zero attached hydrogens (tertiary/aromatic N) is 1. The van der Waals surface area contributed by atoms with Gasteiger partial charge in [0.05, 0.1) is 16.7 Å². The van der Waals surface area contributed by atoms with Crippen LogP contribution in [0.1, 0.15) is 22.5 Å². The van der Waals surface area contributed by atoms with Gasteiger partial charge in [-0.3, -0.25) is 19.3 Å². The third kappa shape index (κ3) is 3.07. The number of thiophene rings is 1. The van der Waals surface area contributed by atoms with Crippen molar-refractivity contribution in [1.29, 1.82) is 0 Å². The molecular weight excluding hydrogens is 422 g/mol. The number of carbonyl (C=O) groups is 4. The molecule has 6 nitrogen and oxygen atoms in total. The summed E-state index contributed by atoms with van der Waals surface area (Å²) in [4.78, 5) is 53.5. The Bertz CT molecular complexity index is 890. The van der Waals surface area contributed by atoms with Crippen molar-refractivity contribution in [2.75, 3.05) is 18.6 Å². The molecule has 2 heterocycles. The second-order valence-electron chi connectivity index (χ2n) is 8.51. The number of esters is 1. The average Bonchev–Trinajstić information content (AvgIpc) is 3.32. The number of ketones is 1. The van der Waals surface area contributed by atoms with Crippen LogP contribution in [0.15, 0.2) is 29.7 Å². The number of Topliss-reactive ketones (excluding diaryl/α,β-unsaturated/α-hetero) is 1. The first-order chi connectivity index (χ1) is 14.5. The Hall–Kier alpha value is -1.93. The average molecular weight is 446 g/mol. The van der Waals surface area contributed by atoms with Crippen LogP contribution in [0.25, 0.3) is 0 Å². The molecule has 2 amide bonds. The van der Waals surface area contributed by atoms with Gasteiger partial charge in [-0.15, -0.1) is 11.3 Å². The Kier molecular flexibility index (Phi) is 5.09. The number of ether oxygens (including phenoxy) is 1. The van der Waals surface area contributed by atoms with Crippen LogP contribution in [-0.2, 0) is 19.1 Å². The fourth-order valence-electron chi connectivity index (χ4n) is 5.61. The highest BCUT2D eigenvalue weighted by Gasteiger charge is 2.67. The van der Waals surface area contributed by atoms with E-state index in [0.717, 1.165) is 6.42 Å². The molecule has 0 unspecified atom stereocenters. The van der Waals surface area contributed by atoms with Crippen molar-refractivity contribution >= 4 is 46.7 Å². The number of likely N-dealkylation sites (tertiary alicyclic amines) is 1. The number of hydrogen-bond acceptors (Lipinski definition) is 7. The lowest BCUT2D eigenvalue weighted by molar-refractivity contribution is -0.158. The highest BCUT2D eigenvalue weighted by Crippen LogP contribution is 2.65. The van der Waals surface area contributed by atoms with Crippen LogP contribution in [-0.4, -0.2) is 53.1 Å². The van der Waals surface area contributed by atoms with Gasteiger partial charge in [0.25, 0.3) is 0 Å². The molecular formula is C22H23NO5S2. The fourth-order valence-corrected chi connectivity index (χ4v) is 6.72. The molecule has 0 N–H and O–H groups in total. The highest BCUT2D eigenvalue weighted by molar-refractivity contribution is 7.98. The number of thioether (sulfide) groups is 1. The van der Waals surface area contributed by atoms with Crippen LogP contribution in [0.3, 0.4) is 0 Å². The van der Waals surface area contributed by atoms with Crippen molar-refractivity contribution in [2.24, 2.45) is 35.5 Å². The second-order valence-corrected chi connectivity index (χ2v) is 10.4. The van der Waals surface area contributed by atoms with E-state index in [1.165, 1.54) is 16.2 Å². The fraction of sp³-hybridized carbons (Fsp3) is 0.545. The highest BCUT2D eigenvalue weighted by atomic mass is 32.2. The summed E-state index contributed by atoms with van der Waals surface area (Å²) < 4.78 is 5.30. The van der Waals surface area contributed by atoms with Crippen molar-refractivity contribution in [3.63, 3.8) is 0 Å². The molecule has 2 saturated carbocycles. The predicted octanol–water partition coefficient (Wildman–Crippen LogP) is 2.65. The maximum Gasteiger partial charge on any atom is 0.329 e. The van der Waals surface area contributed by atoms with E-state index >= 15 is 0 Å². The molecule has 0 spiro atoms. The number of rotatable bonds is 8. The number of imide groups is 1. The Morgan fingerprint density at radius 3 is 2.43 bits per heavy atom. The number of hydrogen-bond donors (Lipinski definition) is 0. The largest absolute Gasteiger partial charge is 0.456 e. The van der Waals surface area contributed by atoms with Crippen molar-refractivity contribution in [3.8, 4) is 0 Å². The number of carbonyl (C=O) groups excluding carboxylic acids is 4. The molecule has 2 bridgehead atoms. The van der Waals surface area contributed by atoms with Crippen LogP contribution < -0.4 is 0 Å². The smallest absolute Gasteiger partial charge is 0.329 e. The molecule has 6 rings (SSSR count). The number of allylic oxidation sites excluding steroid dienone is 2. The zero-order valence-corrected chi connectivity index (χ0v) is 18.2. The molecule has 1 aliphatic heterocycles. The lowest BCUT2D eigenvalue weighted by Gasteiger charge is -2.37. The Balaban J connectivity index is 1.34. The normalized spacial score (nSPS) is 34.0. The van der Waals surface area contributed by atoms with E-state index in [0.29, 0.717) is 28.9 Å². The van der Waals surface area contributed by atoms with Gasteiger partial charge in [0.15, 0.2) is 6.61 Å². The molecule has 8 heteroatoms. The summed E-state index contributed by atoms with van der Waals surface area (Å²) in [5.41, 5.74) is 0. The van der Waals surface area contributed by atoms with Gasteiger partial charge in [-0.1, -0.05) is 18.2 Å². The third-order valence-electron chi connectivity index (χ3n) is 7.02. The lowest BCUT2D eigenvalue weighted by atomic mass is 9.63. The Morgan fingerprint density at radius 2 is 1.87 bits per heavy atom. The van der Waals surface area contributed by atoms with E-state index in [1.54, 1.807) is 29.3 Å². The summed E-state index contributed by atoms with van der Waals surface area (Å²) >= 11 is 2.83. The van der Waals surface area contributed by atoms with Gasteiger partial charge in [0.1, 0.15) is 6.04 Å². The van der Waals surface area contributed by atoms with Gasteiger partial charge in [0.2, 0.25) is 17.6 Å². The summed E-state index contributed by atoms with van der Waals surface area (Å²) in [6.07, 6.45) is 7.57. The summed E-state index contributed by atoms with van der Waals surface area (Å²) in [5.74, 6) is -0.228. The van der Waals surface area contributed by atoms with E-state index in [2.05, 4.69) is 12.2 Å². The van der Waals surface area contributed by atoms with Gasteiger partial charge in [0, 0.05) is 0 Å². The maximum atomic E-state index is 13.3. The quantitative estimate of drug-likeness (QED) is 0.265. The van der Waals surface area contributed by atoms with E-state index in [4.69, 9.17) is 4.74 Å². The maximum absolute atomic E-state index is 13.3. The van der Waals surface area contributed by atoms with Crippen LogP contribution in [0.5, 0.6) is 0 Å². The zero-order chi connectivity index (χ0) is 21.0. The molecule has 0 aromatic carbocycles. The minimum absolute atomic E-state index is 0.115. The summed E-state index contributed by atoms with van der Waals surface area (Å²) in [6, 6.07) is 2.48. The number of amides is 2. The van der Waals surface area contributed by atoms with Crippen molar-refractivity contribution in [2.45, 2.75) is 18.9 Å². The molecule has 5 aliphatic rings. The molecule has 1 saturated heterocycles. The predicted molar refractivity (Wildman–Crippen MR) is 113 cm³/mol. The zero-order valence-electron chi connectivity index (χ0n) is 16.6. The molecule has 158 valence electrons. The van der Waals surface area contributed by atoms with Crippen LogP contribution >= 0.6 is 23.1 Å². The van der Waals surface area contributed by atoms with Gasteiger partial charge in [-0.05, 0) is 60.0 Å². The Morgan fingerprint density at radius 1 is 1.20 bits per heavy atom. The van der Waals surface area contributed by atoms with Crippen LogP contribution in [0, 0.1) is 35.5 Å². The first-order valence-electron chi connectivity index (χ1n) is 10.3. The van der Waals surface area contributed by atoms with E-state index in [-0.39, 0.29) is 47.9 Å². The van der Waals surface area contributed by atoms with Gasteiger partial charge in [-0.2, -0.15) is 11.8 Å². The molecule has 30 heavy (non-hydrogen) atoms. The summed E-state index contributed by atoms with van der Waals surface area (Å²) in [5, 5.41) is 1.78. The van der Waals surface area contributed by atoms with Crippen molar-refractivity contribution in [3.05, 3.63) is 34.5 Å². The molecule has 7 atom stereocenters. The van der Waals surface area contributed by atoms with Crippen molar-refractivity contribution < 1.29 is 23.9 Å². The topological polar surface area (TPSA) is 80.8 Å². The molecule has 1 aromatic heterocycles. The SMILES string of the molecule is CSCC[C@H](C(=O)OCC(=O)c1cccs1)N1C(=O)[C@@H]2[C@H]3C=C[C@@H]([C@@H]4C[C@@H]34)[C@H]2C1=O. The van der Waals surface area contributed by atoms with Gasteiger partial charge in [-0.25, -0.2) is 4.79 Å². The monoisotopic (exact) mass is 445 g/mol. The van der Waals surface area contributed by atoms with E-state index < -0.39 is 12.0 Å². The Labute approximate surface area is 183 Å². The minimum Gasteiger partial charge on any atom is -0.456 e. The van der Waals surface area contributed by atoms with Gasteiger partial charge < -0.3 is 4.74 Å². The van der Waals surface area contributed by atoms with Gasteiger partial charge >= 0.3 is 5.97 Å². The summed E-state index contributed by atoms with van der Waals surface area (Å²) in [6.45, 7) is -0.380. The molecule has 1 aromatic rings. The lowest BCUT2D eigenvalue weighted by Crippen LogP contribution is -2.47. The summed E-state index contributed by atoms with van der Waals surface area (Å²) in [7, 11) is 0. The first-order valence-corrected chi connectivity index (χ1v) is 12.6. The van der Waals surface area contributed by atoms with Crippen molar-refractivity contribution in [1.82, 2.24) is 4.90 Å². The van der Waals surface area contributed by atoms with Crippen LogP contribution in [0.2, 0.25) is 0 Å². The first kappa shape index (κ1) is 20.0. The van der Waals surface area contributed by atoms with Crippen LogP contribution in [0.4, 0.5) is 0 Å². The minimum atomic E-state index is -0.963. The van der Waals surface area contributed by atoms with E-state index in [9.17, 15) is 19.2 Å². The molecule has 0 radical (unpaired) electrons. The van der Waals surface area contributed by atoms with E-state index in [1.807, 2.05) is 6.26 Å².